The number of nitrogens with one attached hydrogen (secondary N) is 1. The molecule has 5 heteroatoms. The number of nitrogens with zero attached hydrogens (tertiary/aromatic N) is 1. The Morgan fingerprint density at radius 1 is 1.50 bits per heavy atom. The quantitative estimate of drug-likeness (QED) is 0.767. The first-order valence-electron chi connectivity index (χ1n) is 5.32. The standard InChI is InChI=1S/C11H18N2O3/c1-7(2)15-11(14)6-12-5-10-13-8(3)9(4)16-10/h7,12H,5-6H2,1-4H3. The van der Waals surface area contributed by atoms with Gasteiger partial charge in [-0.25, -0.2) is 4.98 Å². The summed E-state index contributed by atoms with van der Waals surface area (Å²) in [5, 5.41) is 2.92. The number of hydrogen-bond donors (Lipinski definition) is 1. The van der Waals surface area contributed by atoms with Gasteiger partial charge in [0, 0.05) is 0 Å². The zero-order valence-electron chi connectivity index (χ0n) is 10.2. The van der Waals surface area contributed by atoms with Crippen LogP contribution in [-0.2, 0) is 16.1 Å². The molecule has 90 valence electrons. The van der Waals surface area contributed by atoms with Crippen LogP contribution in [-0.4, -0.2) is 23.6 Å². The second-order valence-corrected chi connectivity index (χ2v) is 3.89. The third kappa shape index (κ3) is 4.02. The summed E-state index contributed by atoms with van der Waals surface area (Å²) in [4.78, 5) is 15.4. The summed E-state index contributed by atoms with van der Waals surface area (Å²) in [7, 11) is 0. The molecule has 16 heavy (non-hydrogen) atoms. The van der Waals surface area contributed by atoms with Crippen molar-refractivity contribution < 1.29 is 13.9 Å². The molecule has 1 aromatic heterocycles. The molecule has 0 aliphatic heterocycles. The van der Waals surface area contributed by atoms with E-state index in [4.69, 9.17) is 9.15 Å². The molecule has 0 saturated carbocycles. The van der Waals surface area contributed by atoms with Crippen molar-refractivity contribution in [1.29, 1.82) is 0 Å². The summed E-state index contributed by atoms with van der Waals surface area (Å²) in [5.41, 5.74) is 0.876. The average Bonchev–Trinajstić information content (AvgIpc) is 2.44. The molecule has 0 bridgehead atoms. The van der Waals surface area contributed by atoms with Crippen LogP contribution in [0.25, 0.3) is 0 Å². The number of aromatic nitrogens is 1. The second kappa shape index (κ2) is 5.65. The number of esters is 1. The van der Waals surface area contributed by atoms with Gasteiger partial charge in [-0.05, 0) is 27.7 Å². The Balaban J connectivity index is 2.28. The maximum atomic E-state index is 11.2. The first-order chi connectivity index (χ1) is 7.49. The Hall–Kier alpha value is -1.36. The lowest BCUT2D eigenvalue weighted by Gasteiger charge is -2.07. The first-order valence-corrected chi connectivity index (χ1v) is 5.32. The molecule has 1 N–H and O–H groups in total. The van der Waals surface area contributed by atoms with Crippen LogP contribution in [0.3, 0.4) is 0 Å². The predicted octanol–water partition coefficient (Wildman–Crippen LogP) is 1.33. The van der Waals surface area contributed by atoms with Gasteiger partial charge in [-0.3, -0.25) is 10.1 Å². The van der Waals surface area contributed by atoms with Crippen molar-refractivity contribution in [2.75, 3.05) is 6.54 Å². The predicted molar refractivity (Wildman–Crippen MR) is 58.9 cm³/mol. The largest absolute Gasteiger partial charge is 0.462 e. The van der Waals surface area contributed by atoms with Crippen molar-refractivity contribution in [3.05, 3.63) is 17.3 Å². The minimum absolute atomic E-state index is 0.0828. The SMILES string of the molecule is Cc1nc(CNCC(=O)OC(C)C)oc1C. The van der Waals surface area contributed by atoms with E-state index in [2.05, 4.69) is 10.3 Å². The molecule has 0 unspecified atom stereocenters. The van der Waals surface area contributed by atoms with Crippen molar-refractivity contribution in [3.63, 3.8) is 0 Å². The minimum atomic E-state index is -0.269. The van der Waals surface area contributed by atoms with Gasteiger partial charge in [0.1, 0.15) is 5.76 Å². The van der Waals surface area contributed by atoms with Crippen molar-refractivity contribution in [1.82, 2.24) is 10.3 Å². The normalized spacial score (nSPS) is 10.8. The maximum Gasteiger partial charge on any atom is 0.320 e. The minimum Gasteiger partial charge on any atom is -0.462 e. The molecule has 0 radical (unpaired) electrons. The maximum absolute atomic E-state index is 11.2. The van der Waals surface area contributed by atoms with E-state index in [1.54, 1.807) is 0 Å². The summed E-state index contributed by atoms with van der Waals surface area (Å²) in [6.07, 6.45) is -0.0828. The van der Waals surface area contributed by atoms with Crippen molar-refractivity contribution in [3.8, 4) is 0 Å². The van der Waals surface area contributed by atoms with Gasteiger partial charge in [-0.1, -0.05) is 0 Å². The molecule has 0 spiro atoms. The van der Waals surface area contributed by atoms with Gasteiger partial charge in [-0.2, -0.15) is 0 Å². The third-order valence-electron chi connectivity index (χ3n) is 1.99. The van der Waals surface area contributed by atoms with E-state index in [-0.39, 0.29) is 18.6 Å². The smallest absolute Gasteiger partial charge is 0.320 e. The third-order valence-corrected chi connectivity index (χ3v) is 1.99. The van der Waals surface area contributed by atoms with Crippen LogP contribution >= 0.6 is 0 Å². The van der Waals surface area contributed by atoms with Gasteiger partial charge in [-0.15, -0.1) is 0 Å². The molecule has 0 aliphatic carbocycles. The first kappa shape index (κ1) is 12.7. The highest BCUT2D eigenvalue weighted by Gasteiger charge is 2.07. The lowest BCUT2D eigenvalue weighted by atomic mass is 10.4. The van der Waals surface area contributed by atoms with Crippen LogP contribution in [0.15, 0.2) is 4.42 Å². The molecule has 0 atom stereocenters. The van der Waals surface area contributed by atoms with Crippen LogP contribution in [0, 0.1) is 13.8 Å². The number of rotatable bonds is 5. The van der Waals surface area contributed by atoms with E-state index >= 15 is 0 Å². The monoisotopic (exact) mass is 226 g/mol. The average molecular weight is 226 g/mol. The van der Waals surface area contributed by atoms with Crippen molar-refractivity contribution in [2.45, 2.75) is 40.3 Å². The van der Waals surface area contributed by atoms with E-state index in [1.807, 2.05) is 27.7 Å². The van der Waals surface area contributed by atoms with Crippen LogP contribution in [0.5, 0.6) is 0 Å². The molecular formula is C11H18N2O3. The van der Waals surface area contributed by atoms with Crippen molar-refractivity contribution >= 4 is 5.97 Å². The molecule has 0 fully saturated rings. The zero-order valence-corrected chi connectivity index (χ0v) is 10.2. The highest BCUT2D eigenvalue weighted by atomic mass is 16.5. The van der Waals surface area contributed by atoms with Crippen LogP contribution in [0.1, 0.15) is 31.2 Å². The summed E-state index contributed by atoms with van der Waals surface area (Å²) >= 11 is 0. The summed E-state index contributed by atoms with van der Waals surface area (Å²) in [5.74, 6) is 1.13. The number of carbonyl (C=O) groups is 1. The zero-order chi connectivity index (χ0) is 12.1. The van der Waals surface area contributed by atoms with E-state index in [1.165, 1.54) is 0 Å². The summed E-state index contributed by atoms with van der Waals surface area (Å²) in [6.45, 7) is 7.98. The van der Waals surface area contributed by atoms with Crippen molar-refractivity contribution in [2.24, 2.45) is 0 Å². The highest BCUT2D eigenvalue weighted by molar-refractivity contribution is 5.71. The van der Waals surface area contributed by atoms with Crippen LogP contribution < -0.4 is 5.32 Å². The lowest BCUT2D eigenvalue weighted by Crippen LogP contribution is -2.26. The fraction of sp³-hybridized carbons (Fsp3) is 0.636. The number of oxazole rings is 1. The second-order valence-electron chi connectivity index (χ2n) is 3.89. The fourth-order valence-electron chi connectivity index (χ4n) is 1.19. The topological polar surface area (TPSA) is 64.4 Å². The molecule has 5 nitrogen and oxygen atoms in total. The van der Waals surface area contributed by atoms with Gasteiger partial charge in [0.2, 0.25) is 5.89 Å². The fourth-order valence-corrected chi connectivity index (χ4v) is 1.19. The molecule has 0 aliphatic rings. The van der Waals surface area contributed by atoms with E-state index < -0.39 is 0 Å². The Labute approximate surface area is 95.2 Å². The van der Waals surface area contributed by atoms with Gasteiger partial charge >= 0.3 is 5.97 Å². The Kier molecular flexibility index (Phi) is 4.49. The molecular weight excluding hydrogens is 208 g/mol. The Bertz CT molecular complexity index is 339. The molecule has 0 saturated heterocycles. The van der Waals surface area contributed by atoms with Crippen LogP contribution in [0.2, 0.25) is 0 Å². The molecule has 1 rings (SSSR count). The van der Waals surface area contributed by atoms with Crippen LogP contribution in [0.4, 0.5) is 0 Å². The summed E-state index contributed by atoms with van der Waals surface area (Å²) < 4.78 is 10.3. The summed E-state index contributed by atoms with van der Waals surface area (Å²) in [6, 6.07) is 0. The van der Waals surface area contributed by atoms with E-state index in [0.717, 1.165) is 11.5 Å². The highest BCUT2D eigenvalue weighted by Crippen LogP contribution is 2.07. The van der Waals surface area contributed by atoms with E-state index in [9.17, 15) is 4.79 Å². The van der Waals surface area contributed by atoms with Gasteiger partial charge in [0.15, 0.2) is 0 Å². The molecule has 0 aromatic carbocycles. The van der Waals surface area contributed by atoms with Gasteiger partial charge < -0.3 is 9.15 Å². The molecule has 1 aromatic rings. The number of ether oxygens (including phenoxy) is 1. The molecule has 1 heterocycles. The van der Waals surface area contributed by atoms with Gasteiger partial charge in [0.25, 0.3) is 0 Å². The number of aryl methyl sites for hydroxylation is 2. The number of hydrogen-bond acceptors (Lipinski definition) is 5. The number of carbonyl (C=O) groups excluding carboxylic acids is 1. The van der Waals surface area contributed by atoms with E-state index in [0.29, 0.717) is 12.4 Å². The molecule has 0 amide bonds. The van der Waals surface area contributed by atoms with Gasteiger partial charge in [0.05, 0.1) is 24.9 Å². The lowest BCUT2D eigenvalue weighted by molar-refractivity contribution is -0.146. The Morgan fingerprint density at radius 2 is 2.19 bits per heavy atom. The Morgan fingerprint density at radius 3 is 2.69 bits per heavy atom.